The summed E-state index contributed by atoms with van der Waals surface area (Å²) in [7, 11) is 14.8. The van der Waals surface area contributed by atoms with Gasteiger partial charge in [-0.15, -0.1) is 0 Å². The van der Waals surface area contributed by atoms with Crippen LogP contribution in [-0.4, -0.2) is 99.4 Å². The highest BCUT2D eigenvalue weighted by Gasteiger charge is 2.14. The van der Waals surface area contributed by atoms with Gasteiger partial charge in [-0.3, -0.25) is 9.59 Å². The molecule has 10 heteroatoms. The number of carbonyl (C=O) groups is 2. The normalized spacial score (nSPS) is 12.6. The molecule has 1 aromatic heterocycles. The van der Waals surface area contributed by atoms with Crippen molar-refractivity contribution < 1.29 is 14.2 Å². The number of pyridine rings is 1. The number of hydrogen-bond donors (Lipinski definition) is 0. The number of rotatable bonds is 19. The maximum atomic E-state index is 12.8. The standard InChI is InChI=1S/C43H55N6O2S2/c1-44-26-11-14-36(23-31-44)19-21-38-15-7-9-17-40(38)46(3)27-12-29-48(5)42(50)34-52-53-35-43(51)49(6)30-13-28-47(4)41-18-10-8-16-39(41)22-20-37-24-32-45(2)33-25-37/h7-11,14-26,31-33H,12-13,27-30,34-35H2,1-6H3/q+1/b21-19+. The summed E-state index contributed by atoms with van der Waals surface area (Å²) in [6, 6.07) is 21.0. The molecule has 2 amide bonds. The molecule has 0 unspecified atom stereocenters. The van der Waals surface area contributed by atoms with E-state index in [-0.39, 0.29) is 11.8 Å². The van der Waals surface area contributed by atoms with E-state index in [4.69, 9.17) is 0 Å². The zero-order valence-electron chi connectivity index (χ0n) is 32.1. The van der Waals surface area contributed by atoms with E-state index in [1.54, 1.807) is 9.80 Å². The first-order valence-corrected chi connectivity index (χ1v) is 20.5. The van der Waals surface area contributed by atoms with E-state index in [1.807, 2.05) is 68.5 Å². The molecule has 4 rings (SSSR count). The van der Waals surface area contributed by atoms with Gasteiger partial charge in [0.1, 0.15) is 7.05 Å². The van der Waals surface area contributed by atoms with Crippen molar-refractivity contribution in [1.29, 1.82) is 0 Å². The Morgan fingerprint density at radius 2 is 1.19 bits per heavy atom. The monoisotopic (exact) mass is 751 g/mol. The van der Waals surface area contributed by atoms with Crippen LogP contribution in [0, 0.1) is 0 Å². The lowest BCUT2D eigenvalue weighted by Gasteiger charge is -2.24. The lowest BCUT2D eigenvalue weighted by Crippen LogP contribution is -2.32. The van der Waals surface area contributed by atoms with E-state index in [0.717, 1.165) is 59.6 Å². The van der Waals surface area contributed by atoms with Crippen molar-refractivity contribution in [2.24, 2.45) is 7.05 Å². The zero-order chi connectivity index (χ0) is 38.0. The number of amides is 2. The van der Waals surface area contributed by atoms with Crippen LogP contribution in [0.4, 0.5) is 11.4 Å². The number of carbonyl (C=O) groups excluding carboxylic acids is 2. The molecule has 0 atom stereocenters. The fraction of sp³-hybridized carbons (Fsp3) is 0.326. The molecule has 0 saturated carbocycles. The molecule has 0 spiro atoms. The van der Waals surface area contributed by atoms with Crippen molar-refractivity contribution in [2.45, 2.75) is 12.8 Å². The average Bonchev–Trinajstić information content (AvgIpc) is 3.38. The molecular weight excluding hydrogens is 697 g/mol. The topological polar surface area (TPSA) is 54.2 Å². The van der Waals surface area contributed by atoms with Crippen LogP contribution in [-0.2, 0) is 16.6 Å². The summed E-state index contributed by atoms with van der Waals surface area (Å²) in [5, 5.41) is 0. The van der Waals surface area contributed by atoms with Gasteiger partial charge in [0.25, 0.3) is 0 Å². The summed E-state index contributed by atoms with van der Waals surface area (Å²) >= 11 is 0. The van der Waals surface area contributed by atoms with Crippen LogP contribution in [0.25, 0.3) is 18.2 Å². The molecule has 1 aliphatic rings. The van der Waals surface area contributed by atoms with Crippen LogP contribution in [0.2, 0.25) is 0 Å². The van der Waals surface area contributed by atoms with Crippen molar-refractivity contribution in [1.82, 2.24) is 14.7 Å². The lowest BCUT2D eigenvalue weighted by atomic mass is 10.1. The summed E-state index contributed by atoms with van der Waals surface area (Å²) < 4.78 is 2.02. The van der Waals surface area contributed by atoms with E-state index in [0.29, 0.717) is 24.6 Å². The highest BCUT2D eigenvalue weighted by molar-refractivity contribution is 8.77. The van der Waals surface area contributed by atoms with E-state index in [9.17, 15) is 9.59 Å². The minimum Gasteiger partial charge on any atom is -0.374 e. The Bertz CT molecular complexity index is 1790. The van der Waals surface area contributed by atoms with Gasteiger partial charge in [-0.25, -0.2) is 4.57 Å². The Hall–Kier alpha value is -4.67. The van der Waals surface area contributed by atoms with Gasteiger partial charge in [-0.05, 0) is 59.4 Å². The molecule has 0 aliphatic carbocycles. The molecule has 0 saturated heterocycles. The molecule has 1 aliphatic heterocycles. The van der Waals surface area contributed by atoms with Gasteiger partial charge in [-0.1, -0.05) is 88.4 Å². The molecule has 0 fully saturated rings. The van der Waals surface area contributed by atoms with Crippen LogP contribution in [0.3, 0.4) is 0 Å². The quantitative estimate of drug-likeness (QED) is 0.0728. The van der Waals surface area contributed by atoms with E-state index < -0.39 is 0 Å². The van der Waals surface area contributed by atoms with Crippen LogP contribution < -0.4 is 14.4 Å². The SMILES string of the molecule is CN1C=CC=C(/C=C/c2ccccc2N(C)CCCN(C)C(=O)CSSCC(=O)N(C)CCCN(C)c2ccccc2/C=C/c2cc[n+](C)cc2)C=C1. The number of allylic oxidation sites excluding steroid dienone is 5. The van der Waals surface area contributed by atoms with Gasteiger partial charge in [0, 0.05) is 97.3 Å². The molecule has 280 valence electrons. The smallest absolute Gasteiger partial charge is 0.233 e. The lowest BCUT2D eigenvalue weighted by molar-refractivity contribution is -0.671. The number of nitrogens with zero attached hydrogens (tertiary/aromatic N) is 6. The molecule has 53 heavy (non-hydrogen) atoms. The molecule has 2 aromatic carbocycles. The van der Waals surface area contributed by atoms with Crippen molar-refractivity contribution in [3.05, 3.63) is 132 Å². The van der Waals surface area contributed by atoms with E-state index in [2.05, 4.69) is 121 Å². The van der Waals surface area contributed by atoms with Gasteiger partial charge in [0.2, 0.25) is 11.8 Å². The molecule has 3 aromatic rings. The van der Waals surface area contributed by atoms with E-state index >= 15 is 0 Å². The number of aromatic nitrogens is 1. The third-order valence-corrected chi connectivity index (χ3v) is 11.1. The second-order valence-electron chi connectivity index (χ2n) is 13.3. The van der Waals surface area contributed by atoms with Crippen LogP contribution in [0.5, 0.6) is 0 Å². The van der Waals surface area contributed by atoms with Crippen LogP contribution >= 0.6 is 21.6 Å². The van der Waals surface area contributed by atoms with Gasteiger partial charge in [-0.2, -0.15) is 0 Å². The van der Waals surface area contributed by atoms with Crippen molar-refractivity contribution >= 4 is 63.0 Å². The summed E-state index contributed by atoms with van der Waals surface area (Å²) in [5.41, 5.74) is 6.92. The number of hydrogen-bond acceptors (Lipinski definition) is 7. The predicted octanol–water partition coefficient (Wildman–Crippen LogP) is 7.24. The third-order valence-electron chi connectivity index (χ3n) is 9.00. The fourth-order valence-corrected chi connectivity index (χ4v) is 7.56. The third kappa shape index (κ3) is 14.0. The summed E-state index contributed by atoms with van der Waals surface area (Å²) in [4.78, 5) is 35.7. The highest BCUT2D eigenvalue weighted by Crippen LogP contribution is 2.24. The molecule has 2 heterocycles. The van der Waals surface area contributed by atoms with Crippen molar-refractivity contribution in [3.8, 4) is 0 Å². The van der Waals surface area contributed by atoms with Gasteiger partial charge >= 0.3 is 0 Å². The second-order valence-corrected chi connectivity index (χ2v) is 15.7. The first kappa shape index (κ1) is 41.1. The maximum absolute atomic E-state index is 12.8. The van der Waals surface area contributed by atoms with Crippen molar-refractivity contribution in [2.75, 3.05) is 82.7 Å². The molecule has 8 nitrogen and oxygen atoms in total. The molecule has 0 bridgehead atoms. The second kappa shape index (κ2) is 21.8. The Kier molecular flexibility index (Phi) is 16.9. The first-order valence-electron chi connectivity index (χ1n) is 18.0. The molecular formula is C43H55N6O2S2+. The Morgan fingerprint density at radius 1 is 0.679 bits per heavy atom. The highest BCUT2D eigenvalue weighted by atomic mass is 33.1. The fourth-order valence-electron chi connectivity index (χ4n) is 5.64. The largest absolute Gasteiger partial charge is 0.374 e. The number of para-hydroxylation sites is 2. The van der Waals surface area contributed by atoms with E-state index in [1.165, 1.54) is 21.6 Å². The van der Waals surface area contributed by atoms with Crippen molar-refractivity contribution in [3.63, 3.8) is 0 Å². The van der Waals surface area contributed by atoms with Crippen LogP contribution in [0.1, 0.15) is 29.5 Å². The van der Waals surface area contributed by atoms with Gasteiger partial charge < -0.3 is 24.5 Å². The summed E-state index contributed by atoms with van der Waals surface area (Å²) in [5.74, 6) is 0.850. The minimum atomic E-state index is 0.0785. The molecule has 0 radical (unpaired) electrons. The van der Waals surface area contributed by atoms with Gasteiger partial charge in [0.15, 0.2) is 12.4 Å². The number of aryl methyl sites for hydroxylation is 1. The Morgan fingerprint density at radius 3 is 1.74 bits per heavy atom. The molecule has 0 N–H and O–H groups in total. The number of benzene rings is 2. The Labute approximate surface area is 325 Å². The average molecular weight is 752 g/mol. The summed E-state index contributed by atoms with van der Waals surface area (Å²) in [6.07, 6.45) is 24.7. The van der Waals surface area contributed by atoms with Crippen LogP contribution in [0.15, 0.2) is 115 Å². The Balaban J connectivity index is 1.11. The summed E-state index contributed by atoms with van der Waals surface area (Å²) in [6.45, 7) is 3.01. The maximum Gasteiger partial charge on any atom is 0.233 e. The minimum absolute atomic E-state index is 0.0785. The first-order chi connectivity index (χ1) is 25.6. The number of anilines is 2. The zero-order valence-corrected chi connectivity index (χ0v) is 33.7. The predicted molar refractivity (Wildman–Crippen MR) is 229 cm³/mol. The van der Waals surface area contributed by atoms with Gasteiger partial charge in [0.05, 0.1) is 11.5 Å².